The van der Waals surface area contributed by atoms with Crippen molar-refractivity contribution in [2.24, 2.45) is 0 Å². The van der Waals surface area contributed by atoms with Crippen LogP contribution in [0.1, 0.15) is 31.9 Å². The number of nitrogens with one attached hydrogen (secondary N) is 1. The average molecular weight is 367 g/mol. The number of methoxy groups -OCH3 is 1. The molecule has 4 heterocycles. The topological polar surface area (TPSA) is 74.1 Å². The molecule has 27 heavy (non-hydrogen) atoms. The van der Waals surface area contributed by atoms with Gasteiger partial charge in [-0.3, -0.25) is 4.68 Å². The van der Waals surface area contributed by atoms with Gasteiger partial charge in [0.1, 0.15) is 11.0 Å². The van der Waals surface area contributed by atoms with Crippen LogP contribution in [0.4, 0.5) is 5.69 Å². The van der Waals surface area contributed by atoms with Crippen LogP contribution >= 0.6 is 0 Å². The van der Waals surface area contributed by atoms with Gasteiger partial charge < -0.3 is 14.8 Å². The normalized spacial score (nSPS) is 17.0. The summed E-state index contributed by atoms with van der Waals surface area (Å²) in [6.45, 7) is 7.76. The maximum absolute atomic E-state index is 5.54. The Hall–Kier alpha value is -2.67. The Morgan fingerprint density at radius 1 is 1.30 bits per heavy atom. The lowest BCUT2D eigenvalue weighted by atomic mass is 10.1. The van der Waals surface area contributed by atoms with Crippen LogP contribution in [-0.4, -0.2) is 46.1 Å². The minimum absolute atomic E-state index is 0.241. The Kier molecular flexibility index (Phi) is 4.70. The molecule has 0 amide bonds. The van der Waals surface area contributed by atoms with Gasteiger partial charge in [0.15, 0.2) is 0 Å². The predicted molar refractivity (Wildman–Crippen MR) is 105 cm³/mol. The van der Waals surface area contributed by atoms with Crippen molar-refractivity contribution in [1.82, 2.24) is 19.7 Å². The Morgan fingerprint density at radius 3 is 2.85 bits per heavy atom. The fourth-order valence-corrected chi connectivity index (χ4v) is 3.47. The molecule has 0 saturated carbocycles. The quantitative estimate of drug-likeness (QED) is 0.743. The molecule has 4 rings (SSSR count). The number of nitrogens with zero attached hydrogens (tertiary/aromatic N) is 4. The molecular weight excluding hydrogens is 342 g/mol. The van der Waals surface area contributed by atoms with Crippen molar-refractivity contribution < 1.29 is 9.47 Å². The van der Waals surface area contributed by atoms with Crippen LogP contribution in [0.3, 0.4) is 0 Å². The highest BCUT2D eigenvalue weighted by atomic mass is 16.5. The minimum atomic E-state index is 0.241. The van der Waals surface area contributed by atoms with Crippen molar-refractivity contribution in [2.75, 3.05) is 25.6 Å². The molecule has 7 nitrogen and oxygen atoms in total. The molecule has 0 radical (unpaired) electrons. The molecule has 142 valence electrons. The smallest absolute Gasteiger partial charge is 0.222 e. The summed E-state index contributed by atoms with van der Waals surface area (Å²) in [6.07, 6.45) is 4.61. The number of fused-ring (bicyclic) bond motifs is 1. The van der Waals surface area contributed by atoms with E-state index in [0.29, 0.717) is 12.5 Å². The molecule has 1 aliphatic heterocycles. The molecule has 3 aromatic heterocycles. The Morgan fingerprint density at radius 2 is 2.15 bits per heavy atom. The Bertz CT molecular complexity index is 960. The third-order valence-corrected chi connectivity index (χ3v) is 4.79. The van der Waals surface area contributed by atoms with Crippen LogP contribution in [-0.2, 0) is 4.74 Å². The molecule has 1 atom stereocenters. The van der Waals surface area contributed by atoms with Crippen LogP contribution < -0.4 is 10.1 Å². The van der Waals surface area contributed by atoms with Crippen molar-refractivity contribution in [3.05, 3.63) is 30.1 Å². The van der Waals surface area contributed by atoms with Gasteiger partial charge in [0, 0.05) is 18.8 Å². The summed E-state index contributed by atoms with van der Waals surface area (Å²) >= 11 is 0. The van der Waals surface area contributed by atoms with Gasteiger partial charge in [-0.25, -0.2) is 9.97 Å². The fourth-order valence-electron chi connectivity index (χ4n) is 3.47. The standard InChI is InChI=1S/C20H25N5O2/c1-12(2)25-19-17(23-14-5-6-27-11-14)8-16(24-18(19)10-22-25)15-7-13(3)9-21-20(15)26-4/h7-10,12,14H,5-6,11H2,1-4H3,(H,23,24). The SMILES string of the molecule is COc1ncc(C)cc1-c1cc(NC2CCOC2)c2c(cnn2C(C)C)n1. The molecule has 0 aliphatic carbocycles. The molecule has 1 aliphatic rings. The molecular formula is C20H25N5O2. The Labute approximate surface area is 158 Å². The monoisotopic (exact) mass is 367 g/mol. The van der Waals surface area contributed by atoms with Crippen LogP contribution in [0.15, 0.2) is 24.5 Å². The molecule has 0 bridgehead atoms. The van der Waals surface area contributed by atoms with Gasteiger partial charge in [0.05, 0.1) is 42.9 Å². The largest absolute Gasteiger partial charge is 0.481 e. The van der Waals surface area contributed by atoms with E-state index in [9.17, 15) is 0 Å². The molecule has 1 N–H and O–H groups in total. The first-order valence-corrected chi connectivity index (χ1v) is 9.30. The van der Waals surface area contributed by atoms with Gasteiger partial charge in [-0.1, -0.05) is 0 Å². The summed E-state index contributed by atoms with van der Waals surface area (Å²) < 4.78 is 13.0. The van der Waals surface area contributed by atoms with E-state index in [-0.39, 0.29) is 12.1 Å². The van der Waals surface area contributed by atoms with Crippen molar-refractivity contribution in [1.29, 1.82) is 0 Å². The molecule has 1 fully saturated rings. The van der Waals surface area contributed by atoms with Crippen LogP contribution in [0.25, 0.3) is 22.3 Å². The summed E-state index contributed by atoms with van der Waals surface area (Å²) in [5, 5.41) is 8.20. The average Bonchev–Trinajstić information content (AvgIpc) is 3.31. The van der Waals surface area contributed by atoms with E-state index in [2.05, 4.69) is 41.4 Å². The molecule has 1 saturated heterocycles. The minimum Gasteiger partial charge on any atom is -0.481 e. The second-order valence-corrected chi connectivity index (χ2v) is 7.25. The Balaban J connectivity index is 1.89. The highest BCUT2D eigenvalue weighted by molar-refractivity contribution is 5.91. The highest BCUT2D eigenvalue weighted by Gasteiger charge is 2.21. The first-order chi connectivity index (χ1) is 13.1. The van der Waals surface area contributed by atoms with Crippen LogP contribution in [0.5, 0.6) is 5.88 Å². The molecule has 7 heteroatoms. The van der Waals surface area contributed by atoms with Crippen molar-refractivity contribution in [2.45, 2.75) is 39.3 Å². The summed E-state index contributed by atoms with van der Waals surface area (Å²) in [6, 6.07) is 4.65. The van der Waals surface area contributed by atoms with Crippen molar-refractivity contribution in [3.63, 3.8) is 0 Å². The van der Waals surface area contributed by atoms with E-state index in [1.807, 2.05) is 17.8 Å². The second-order valence-electron chi connectivity index (χ2n) is 7.25. The van der Waals surface area contributed by atoms with Gasteiger partial charge in [0.25, 0.3) is 0 Å². The van der Waals surface area contributed by atoms with E-state index < -0.39 is 0 Å². The lowest BCUT2D eigenvalue weighted by Gasteiger charge is -2.17. The van der Waals surface area contributed by atoms with Crippen LogP contribution in [0, 0.1) is 6.92 Å². The first kappa shape index (κ1) is 17.7. The third kappa shape index (κ3) is 3.35. The predicted octanol–water partition coefficient (Wildman–Crippen LogP) is 3.59. The first-order valence-electron chi connectivity index (χ1n) is 9.30. The van der Waals surface area contributed by atoms with Gasteiger partial charge in [0.2, 0.25) is 5.88 Å². The van der Waals surface area contributed by atoms with E-state index in [0.717, 1.165) is 46.6 Å². The number of anilines is 1. The summed E-state index contributed by atoms with van der Waals surface area (Å²) in [4.78, 5) is 9.25. The number of rotatable bonds is 5. The number of hydrogen-bond donors (Lipinski definition) is 1. The van der Waals surface area contributed by atoms with Gasteiger partial charge in [-0.2, -0.15) is 5.10 Å². The van der Waals surface area contributed by atoms with E-state index in [4.69, 9.17) is 14.5 Å². The van der Waals surface area contributed by atoms with Crippen molar-refractivity contribution >= 4 is 16.7 Å². The van der Waals surface area contributed by atoms with E-state index in [1.165, 1.54) is 0 Å². The van der Waals surface area contributed by atoms with Gasteiger partial charge >= 0.3 is 0 Å². The van der Waals surface area contributed by atoms with Crippen LogP contribution in [0.2, 0.25) is 0 Å². The lowest BCUT2D eigenvalue weighted by molar-refractivity contribution is 0.195. The second kappa shape index (κ2) is 7.15. The highest BCUT2D eigenvalue weighted by Crippen LogP contribution is 2.34. The zero-order valence-corrected chi connectivity index (χ0v) is 16.2. The zero-order valence-electron chi connectivity index (χ0n) is 16.2. The summed E-state index contributed by atoms with van der Waals surface area (Å²) in [5.74, 6) is 0.568. The van der Waals surface area contributed by atoms with Gasteiger partial charge in [-0.15, -0.1) is 0 Å². The van der Waals surface area contributed by atoms with Gasteiger partial charge in [-0.05, 0) is 44.9 Å². The number of ether oxygens (including phenoxy) is 2. The number of aromatic nitrogens is 4. The maximum atomic E-state index is 5.54. The van der Waals surface area contributed by atoms with E-state index in [1.54, 1.807) is 13.3 Å². The molecule has 1 unspecified atom stereocenters. The number of aryl methyl sites for hydroxylation is 1. The molecule has 3 aromatic rings. The number of pyridine rings is 2. The number of hydrogen-bond acceptors (Lipinski definition) is 6. The summed E-state index contributed by atoms with van der Waals surface area (Å²) in [5.41, 5.74) is 5.64. The lowest BCUT2D eigenvalue weighted by Crippen LogP contribution is -2.20. The van der Waals surface area contributed by atoms with E-state index >= 15 is 0 Å². The third-order valence-electron chi connectivity index (χ3n) is 4.79. The van der Waals surface area contributed by atoms with Crippen molar-refractivity contribution in [3.8, 4) is 17.1 Å². The maximum Gasteiger partial charge on any atom is 0.222 e. The summed E-state index contributed by atoms with van der Waals surface area (Å²) in [7, 11) is 1.63. The molecule has 0 spiro atoms. The zero-order chi connectivity index (χ0) is 19.0. The fraction of sp³-hybridized carbons (Fsp3) is 0.450. The molecule has 0 aromatic carbocycles.